The van der Waals surface area contributed by atoms with Crippen LogP contribution < -0.4 is 10.2 Å². The first-order valence-electron chi connectivity index (χ1n) is 6.98. The molecule has 2 amide bonds. The molecule has 1 atom stereocenters. The van der Waals surface area contributed by atoms with Crippen LogP contribution in [0.1, 0.15) is 19.8 Å². The average molecular weight is 355 g/mol. The van der Waals surface area contributed by atoms with Crippen molar-refractivity contribution in [3.05, 3.63) is 28.7 Å². The Hall–Kier alpha value is -1.40. The van der Waals surface area contributed by atoms with E-state index < -0.39 is 0 Å². The smallest absolute Gasteiger partial charge is 0.240 e. The summed E-state index contributed by atoms with van der Waals surface area (Å²) in [5.74, 6) is -0.346. The quantitative estimate of drug-likeness (QED) is 0.880. The van der Waals surface area contributed by atoms with E-state index in [1.165, 1.54) is 11.8 Å². The fourth-order valence-corrected chi connectivity index (χ4v) is 2.65. The third kappa shape index (κ3) is 4.82. The Bertz CT molecular complexity index is 515. The van der Waals surface area contributed by atoms with Crippen molar-refractivity contribution in [1.29, 1.82) is 0 Å². The molecule has 1 aliphatic heterocycles. The van der Waals surface area contributed by atoms with Crippen molar-refractivity contribution < 1.29 is 14.3 Å². The first-order chi connectivity index (χ1) is 10.1. The van der Waals surface area contributed by atoms with E-state index in [1.54, 1.807) is 6.07 Å². The number of anilines is 1. The monoisotopic (exact) mass is 354 g/mol. The minimum absolute atomic E-state index is 0.0124. The Balaban J connectivity index is 1.92. The summed E-state index contributed by atoms with van der Waals surface area (Å²) in [6.07, 6.45) is 2.12. The van der Waals surface area contributed by atoms with Gasteiger partial charge in [-0.25, -0.2) is 0 Å². The Morgan fingerprint density at radius 3 is 2.90 bits per heavy atom. The molecular formula is C15H19BrN2O3. The van der Waals surface area contributed by atoms with Gasteiger partial charge < -0.3 is 15.0 Å². The number of carbonyl (C=O) groups is 2. The molecule has 21 heavy (non-hydrogen) atoms. The summed E-state index contributed by atoms with van der Waals surface area (Å²) < 4.78 is 6.32. The largest absolute Gasteiger partial charge is 0.376 e. The molecule has 0 bridgehead atoms. The second kappa shape index (κ2) is 7.56. The van der Waals surface area contributed by atoms with Crippen molar-refractivity contribution >= 4 is 33.4 Å². The molecule has 2 rings (SSSR count). The number of hydrogen-bond donors (Lipinski definition) is 1. The van der Waals surface area contributed by atoms with Crippen LogP contribution in [0.15, 0.2) is 28.7 Å². The van der Waals surface area contributed by atoms with Gasteiger partial charge in [-0.15, -0.1) is 0 Å². The second-order valence-electron chi connectivity index (χ2n) is 5.02. The summed E-state index contributed by atoms with van der Waals surface area (Å²) in [5.41, 5.74) is 0.698. The molecule has 5 nitrogen and oxygen atoms in total. The summed E-state index contributed by atoms with van der Waals surface area (Å²) in [4.78, 5) is 25.2. The molecule has 6 heteroatoms. The summed E-state index contributed by atoms with van der Waals surface area (Å²) in [7, 11) is 0. The van der Waals surface area contributed by atoms with Gasteiger partial charge in [0.15, 0.2) is 0 Å². The van der Waals surface area contributed by atoms with Gasteiger partial charge in [-0.1, -0.05) is 22.0 Å². The molecule has 0 spiro atoms. The predicted molar refractivity (Wildman–Crippen MR) is 84.2 cm³/mol. The minimum atomic E-state index is -0.180. The number of rotatable bonds is 5. The second-order valence-corrected chi connectivity index (χ2v) is 5.94. The number of nitrogens with one attached hydrogen (secondary N) is 1. The molecule has 1 N–H and O–H groups in total. The third-order valence-electron chi connectivity index (χ3n) is 3.35. The SMILES string of the molecule is CC(=O)N(CC(=O)NCC1CCCO1)c1cccc(Br)c1. The Morgan fingerprint density at radius 1 is 1.48 bits per heavy atom. The van der Waals surface area contributed by atoms with Crippen LogP contribution in [0.4, 0.5) is 5.69 Å². The van der Waals surface area contributed by atoms with E-state index in [1.807, 2.05) is 18.2 Å². The molecule has 1 aliphatic rings. The molecule has 0 aromatic heterocycles. The lowest BCUT2D eigenvalue weighted by Gasteiger charge is -2.21. The zero-order chi connectivity index (χ0) is 15.2. The first kappa shape index (κ1) is 16.0. The van der Waals surface area contributed by atoms with Gasteiger partial charge in [-0.05, 0) is 31.0 Å². The maximum absolute atomic E-state index is 12.0. The fourth-order valence-electron chi connectivity index (χ4n) is 2.26. The van der Waals surface area contributed by atoms with Gasteiger partial charge in [0.1, 0.15) is 6.54 Å². The third-order valence-corrected chi connectivity index (χ3v) is 3.85. The molecule has 114 valence electrons. The van der Waals surface area contributed by atoms with Gasteiger partial charge in [-0.2, -0.15) is 0 Å². The summed E-state index contributed by atoms with van der Waals surface area (Å²) in [5, 5.41) is 2.82. The van der Waals surface area contributed by atoms with E-state index in [4.69, 9.17) is 4.74 Å². The Kier molecular flexibility index (Phi) is 5.76. The molecule has 1 aromatic rings. The number of amides is 2. The standard InChI is InChI=1S/C15H19BrN2O3/c1-11(19)18(13-5-2-4-12(16)8-13)10-15(20)17-9-14-6-3-7-21-14/h2,4-5,8,14H,3,6-7,9-10H2,1H3,(H,17,20). The van der Waals surface area contributed by atoms with Crippen LogP contribution in [0.2, 0.25) is 0 Å². The van der Waals surface area contributed by atoms with E-state index in [9.17, 15) is 9.59 Å². The van der Waals surface area contributed by atoms with Crippen LogP contribution in [0.25, 0.3) is 0 Å². The molecule has 1 unspecified atom stereocenters. The van der Waals surface area contributed by atoms with Gasteiger partial charge in [0.25, 0.3) is 0 Å². The number of ether oxygens (including phenoxy) is 1. The Labute approximate surface area is 132 Å². The lowest BCUT2D eigenvalue weighted by molar-refractivity contribution is -0.123. The van der Waals surface area contributed by atoms with Crippen LogP contribution in [-0.2, 0) is 14.3 Å². The molecule has 1 saturated heterocycles. The lowest BCUT2D eigenvalue weighted by atomic mass is 10.2. The van der Waals surface area contributed by atoms with Crippen molar-refractivity contribution in [2.45, 2.75) is 25.9 Å². The minimum Gasteiger partial charge on any atom is -0.376 e. The van der Waals surface area contributed by atoms with Crippen LogP contribution in [0.3, 0.4) is 0 Å². The maximum Gasteiger partial charge on any atom is 0.240 e. The topological polar surface area (TPSA) is 58.6 Å². The van der Waals surface area contributed by atoms with Gasteiger partial charge in [0.2, 0.25) is 11.8 Å². The number of carbonyl (C=O) groups excluding carboxylic acids is 2. The maximum atomic E-state index is 12.0. The van der Waals surface area contributed by atoms with Gasteiger partial charge in [-0.3, -0.25) is 9.59 Å². The van der Waals surface area contributed by atoms with Crippen LogP contribution in [0, 0.1) is 0 Å². The van der Waals surface area contributed by atoms with Crippen LogP contribution in [0.5, 0.6) is 0 Å². The summed E-state index contributed by atoms with van der Waals surface area (Å²) in [6.45, 7) is 2.73. The van der Waals surface area contributed by atoms with E-state index in [-0.39, 0.29) is 24.5 Å². The first-order valence-corrected chi connectivity index (χ1v) is 7.77. The Morgan fingerprint density at radius 2 is 2.29 bits per heavy atom. The van der Waals surface area contributed by atoms with Crippen LogP contribution in [-0.4, -0.2) is 37.6 Å². The number of hydrogen-bond acceptors (Lipinski definition) is 3. The van der Waals surface area contributed by atoms with Crippen molar-refractivity contribution in [2.75, 3.05) is 24.6 Å². The van der Waals surface area contributed by atoms with E-state index in [0.717, 1.165) is 23.9 Å². The van der Waals surface area contributed by atoms with Gasteiger partial charge in [0.05, 0.1) is 6.10 Å². The molecular weight excluding hydrogens is 336 g/mol. The summed E-state index contributed by atoms with van der Waals surface area (Å²) in [6, 6.07) is 7.33. The number of benzene rings is 1. The van der Waals surface area contributed by atoms with Gasteiger partial charge >= 0.3 is 0 Å². The fraction of sp³-hybridized carbons (Fsp3) is 0.467. The highest BCUT2D eigenvalue weighted by atomic mass is 79.9. The average Bonchev–Trinajstić information content (AvgIpc) is 2.95. The zero-order valence-corrected chi connectivity index (χ0v) is 13.6. The van der Waals surface area contributed by atoms with Crippen molar-refractivity contribution in [3.63, 3.8) is 0 Å². The molecule has 1 fully saturated rings. The number of nitrogens with zero attached hydrogens (tertiary/aromatic N) is 1. The number of halogens is 1. The van der Waals surface area contributed by atoms with Crippen molar-refractivity contribution in [2.24, 2.45) is 0 Å². The molecule has 0 saturated carbocycles. The molecule has 1 aromatic carbocycles. The van der Waals surface area contributed by atoms with E-state index >= 15 is 0 Å². The van der Waals surface area contributed by atoms with Crippen LogP contribution >= 0.6 is 15.9 Å². The lowest BCUT2D eigenvalue weighted by Crippen LogP contribution is -2.42. The van der Waals surface area contributed by atoms with Crippen molar-refractivity contribution in [3.8, 4) is 0 Å². The normalized spacial score (nSPS) is 17.5. The predicted octanol–water partition coefficient (Wildman–Crippen LogP) is 2.10. The zero-order valence-electron chi connectivity index (χ0n) is 12.0. The molecule has 1 heterocycles. The highest BCUT2D eigenvalue weighted by Gasteiger charge is 2.19. The highest BCUT2D eigenvalue weighted by molar-refractivity contribution is 9.10. The highest BCUT2D eigenvalue weighted by Crippen LogP contribution is 2.20. The molecule has 0 radical (unpaired) electrons. The van der Waals surface area contributed by atoms with E-state index in [0.29, 0.717) is 12.2 Å². The van der Waals surface area contributed by atoms with Crippen molar-refractivity contribution in [1.82, 2.24) is 5.32 Å². The van der Waals surface area contributed by atoms with Gasteiger partial charge in [0, 0.05) is 30.2 Å². The summed E-state index contributed by atoms with van der Waals surface area (Å²) >= 11 is 3.37. The van der Waals surface area contributed by atoms with E-state index in [2.05, 4.69) is 21.2 Å². The molecule has 0 aliphatic carbocycles.